The first kappa shape index (κ1) is 26.0. The van der Waals surface area contributed by atoms with Gasteiger partial charge in [-0.25, -0.2) is 9.79 Å². The number of esters is 1. The zero-order valence-corrected chi connectivity index (χ0v) is 22.6. The Balaban J connectivity index is 1.77. The van der Waals surface area contributed by atoms with Gasteiger partial charge in [-0.05, 0) is 54.5 Å². The Hall–Kier alpha value is -4.61. The maximum absolute atomic E-state index is 14.1. The normalized spacial score (nSPS) is 14.9. The number of ether oxygens (including phenoxy) is 3. The Bertz CT molecular complexity index is 1840. The minimum Gasteiger partial charge on any atom is -0.497 e. The summed E-state index contributed by atoms with van der Waals surface area (Å²) in [5.41, 5.74) is 2.03. The molecule has 2 heterocycles. The van der Waals surface area contributed by atoms with E-state index in [1.54, 1.807) is 49.8 Å². The number of fused-ring (bicyclic) bond motifs is 2. The second-order valence-corrected chi connectivity index (χ2v) is 9.78. The summed E-state index contributed by atoms with van der Waals surface area (Å²) in [4.78, 5) is 32.5. The molecule has 0 spiro atoms. The van der Waals surface area contributed by atoms with Gasteiger partial charge in [0.05, 0.1) is 35.6 Å². The predicted molar refractivity (Wildman–Crippen MR) is 152 cm³/mol. The van der Waals surface area contributed by atoms with Gasteiger partial charge >= 0.3 is 5.97 Å². The van der Waals surface area contributed by atoms with Crippen LogP contribution in [0.15, 0.2) is 81.7 Å². The van der Waals surface area contributed by atoms with Gasteiger partial charge in [-0.1, -0.05) is 59.7 Å². The van der Waals surface area contributed by atoms with Crippen LogP contribution in [0.1, 0.15) is 31.0 Å². The summed E-state index contributed by atoms with van der Waals surface area (Å²) in [5, 5.41) is 1.94. The van der Waals surface area contributed by atoms with Gasteiger partial charge in [0.2, 0.25) is 0 Å². The van der Waals surface area contributed by atoms with Crippen molar-refractivity contribution in [3.63, 3.8) is 0 Å². The molecule has 8 heteroatoms. The van der Waals surface area contributed by atoms with Gasteiger partial charge < -0.3 is 14.2 Å². The van der Waals surface area contributed by atoms with E-state index >= 15 is 0 Å². The van der Waals surface area contributed by atoms with E-state index in [1.807, 2.05) is 42.5 Å². The van der Waals surface area contributed by atoms with Crippen LogP contribution in [-0.4, -0.2) is 30.9 Å². The average molecular weight is 539 g/mol. The molecule has 4 aromatic rings. The van der Waals surface area contributed by atoms with Crippen molar-refractivity contribution >= 4 is 34.2 Å². The lowest BCUT2D eigenvalue weighted by Gasteiger charge is -2.25. The summed E-state index contributed by atoms with van der Waals surface area (Å²) < 4.78 is 18.5. The summed E-state index contributed by atoms with van der Waals surface area (Å²) in [5.74, 6) is 3.09. The maximum atomic E-state index is 14.1. The lowest BCUT2D eigenvalue weighted by molar-refractivity contribution is -0.139. The summed E-state index contributed by atoms with van der Waals surface area (Å²) >= 11 is 1.24. The highest BCUT2D eigenvalue weighted by atomic mass is 32.1. The maximum Gasteiger partial charge on any atom is 0.338 e. The van der Waals surface area contributed by atoms with Crippen molar-refractivity contribution in [2.75, 3.05) is 20.3 Å². The van der Waals surface area contributed by atoms with Crippen molar-refractivity contribution < 1.29 is 19.0 Å². The molecule has 1 aliphatic rings. The lowest BCUT2D eigenvalue weighted by Crippen LogP contribution is -2.40. The van der Waals surface area contributed by atoms with Crippen LogP contribution in [-0.2, 0) is 9.53 Å². The number of terminal acetylenes is 1. The highest BCUT2D eigenvalue weighted by Gasteiger charge is 2.34. The first-order valence-electron chi connectivity index (χ1n) is 12.4. The monoisotopic (exact) mass is 538 g/mol. The minimum absolute atomic E-state index is 0.0809. The van der Waals surface area contributed by atoms with Crippen LogP contribution >= 0.6 is 11.3 Å². The molecule has 0 radical (unpaired) electrons. The third-order valence-corrected chi connectivity index (χ3v) is 7.43. The smallest absolute Gasteiger partial charge is 0.338 e. The van der Waals surface area contributed by atoms with Crippen LogP contribution in [0.4, 0.5) is 0 Å². The molecule has 1 atom stereocenters. The number of carbonyl (C=O) groups excluding carboxylic acids is 1. The SMILES string of the molecule is C#CCOc1ccc(OC)cc1/C=c1/sc2n(c1=O)[C@H](c1cccc3ccccc13)C(C(=O)OCC)=C(C)N=2. The number of hydrogen-bond acceptors (Lipinski definition) is 7. The standard InChI is InChI=1S/C31H26N2O5S/c1-5-16-38-25-15-14-22(36-4)17-21(25)18-26-29(34)33-28(24-13-9-11-20-10-7-8-12-23(20)24)27(30(35)37-6-2)19(3)32-31(33)39-26/h1,7-15,17-18,28H,6,16H2,2-4H3/b26-18+/t28-/m1/s1. The quantitative estimate of drug-likeness (QED) is 0.263. The van der Waals surface area contributed by atoms with Crippen LogP contribution in [0.2, 0.25) is 0 Å². The summed E-state index contributed by atoms with van der Waals surface area (Å²) in [6, 6.07) is 18.3. The molecule has 0 fully saturated rings. The van der Waals surface area contributed by atoms with Crippen molar-refractivity contribution in [3.8, 4) is 23.8 Å². The fraction of sp³-hybridized carbons (Fsp3) is 0.194. The van der Waals surface area contributed by atoms with Gasteiger partial charge in [-0.3, -0.25) is 9.36 Å². The highest BCUT2D eigenvalue weighted by molar-refractivity contribution is 7.07. The second-order valence-electron chi connectivity index (χ2n) is 8.77. The van der Waals surface area contributed by atoms with Gasteiger partial charge in [0.1, 0.15) is 18.1 Å². The number of hydrogen-bond donors (Lipinski definition) is 0. The molecule has 196 valence electrons. The molecule has 0 saturated heterocycles. The Morgan fingerprint density at radius 1 is 1.18 bits per heavy atom. The lowest BCUT2D eigenvalue weighted by atomic mass is 9.91. The van der Waals surface area contributed by atoms with Crippen LogP contribution in [0.25, 0.3) is 16.8 Å². The molecule has 0 aliphatic carbocycles. The van der Waals surface area contributed by atoms with Crippen LogP contribution in [0.5, 0.6) is 11.5 Å². The van der Waals surface area contributed by atoms with E-state index in [-0.39, 0.29) is 18.8 Å². The number of nitrogens with zero attached hydrogens (tertiary/aromatic N) is 2. The number of methoxy groups -OCH3 is 1. The van der Waals surface area contributed by atoms with E-state index in [0.29, 0.717) is 37.7 Å². The van der Waals surface area contributed by atoms with Gasteiger partial charge in [0.25, 0.3) is 5.56 Å². The third kappa shape index (κ3) is 4.85. The molecule has 3 aromatic carbocycles. The molecule has 0 N–H and O–H groups in total. The minimum atomic E-state index is -0.712. The molecule has 5 rings (SSSR count). The molecule has 0 saturated carbocycles. The number of aromatic nitrogens is 1. The highest BCUT2D eigenvalue weighted by Crippen LogP contribution is 2.35. The molecule has 0 unspecified atom stereocenters. The second kappa shape index (κ2) is 11.0. The Morgan fingerprint density at radius 3 is 2.74 bits per heavy atom. The predicted octanol–water partition coefficient (Wildman–Crippen LogP) is 3.97. The first-order chi connectivity index (χ1) is 19.0. The molecule has 0 bridgehead atoms. The Labute approximate surface area is 229 Å². The van der Waals surface area contributed by atoms with Crippen molar-refractivity contribution in [1.29, 1.82) is 0 Å². The molecule has 7 nitrogen and oxygen atoms in total. The van der Waals surface area contributed by atoms with Crippen molar-refractivity contribution in [2.45, 2.75) is 19.9 Å². The summed E-state index contributed by atoms with van der Waals surface area (Å²) in [6.07, 6.45) is 7.13. The van der Waals surface area contributed by atoms with Crippen molar-refractivity contribution in [3.05, 3.63) is 103 Å². The molecular weight excluding hydrogens is 512 g/mol. The summed E-state index contributed by atoms with van der Waals surface area (Å²) in [7, 11) is 1.57. The van der Waals surface area contributed by atoms with E-state index in [2.05, 4.69) is 10.9 Å². The largest absolute Gasteiger partial charge is 0.497 e. The van der Waals surface area contributed by atoms with Crippen LogP contribution < -0.4 is 24.4 Å². The number of carbonyl (C=O) groups is 1. The number of benzene rings is 3. The third-order valence-electron chi connectivity index (χ3n) is 6.45. The van der Waals surface area contributed by atoms with Gasteiger partial charge in [-0.2, -0.15) is 0 Å². The van der Waals surface area contributed by atoms with Gasteiger partial charge in [0, 0.05) is 5.56 Å². The molecule has 39 heavy (non-hydrogen) atoms. The Morgan fingerprint density at radius 2 is 1.97 bits per heavy atom. The van der Waals surface area contributed by atoms with Crippen LogP contribution in [0, 0.1) is 12.3 Å². The van der Waals surface area contributed by atoms with Crippen LogP contribution in [0.3, 0.4) is 0 Å². The van der Waals surface area contributed by atoms with Gasteiger partial charge in [0.15, 0.2) is 4.80 Å². The first-order valence-corrected chi connectivity index (χ1v) is 13.2. The van der Waals surface area contributed by atoms with E-state index < -0.39 is 12.0 Å². The fourth-order valence-corrected chi connectivity index (χ4v) is 5.77. The topological polar surface area (TPSA) is 79.1 Å². The van der Waals surface area contributed by atoms with E-state index in [4.69, 9.17) is 20.6 Å². The van der Waals surface area contributed by atoms with Crippen molar-refractivity contribution in [1.82, 2.24) is 4.57 Å². The molecular formula is C31H26N2O5S. The zero-order chi connectivity index (χ0) is 27.5. The van der Waals surface area contributed by atoms with E-state index in [9.17, 15) is 9.59 Å². The number of thiazole rings is 1. The van der Waals surface area contributed by atoms with Gasteiger partial charge in [-0.15, -0.1) is 6.42 Å². The number of rotatable bonds is 7. The Kier molecular flexibility index (Phi) is 7.35. The molecule has 1 aliphatic heterocycles. The fourth-order valence-electron chi connectivity index (χ4n) is 4.73. The molecule has 0 amide bonds. The van der Waals surface area contributed by atoms with E-state index in [0.717, 1.165) is 16.3 Å². The average Bonchev–Trinajstić information content (AvgIpc) is 3.25. The van der Waals surface area contributed by atoms with Crippen molar-refractivity contribution in [2.24, 2.45) is 4.99 Å². The number of allylic oxidation sites excluding steroid dienone is 1. The van der Waals surface area contributed by atoms with E-state index in [1.165, 1.54) is 11.3 Å². The molecule has 1 aromatic heterocycles. The summed E-state index contributed by atoms with van der Waals surface area (Å²) in [6.45, 7) is 3.81. The zero-order valence-electron chi connectivity index (χ0n) is 21.8.